The molecule has 0 amide bonds. The number of aromatic hydroxyl groups is 1. The van der Waals surface area contributed by atoms with Crippen molar-refractivity contribution in [1.29, 1.82) is 0 Å². The molecule has 0 aromatic heterocycles. The van der Waals surface area contributed by atoms with Gasteiger partial charge in [-0.1, -0.05) is 0 Å². The van der Waals surface area contributed by atoms with Crippen LogP contribution in [0.1, 0.15) is 41.1 Å². The third-order valence-corrected chi connectivity index (χ3v) is 3.47. The SMILES string of the molecule is Cc1cc(O)c(C(N)CO)c2c1CCCC2. The predicted octanol–water partition coefficient (Wildman–Crippen LogP) is 1.57. The highest BCUT2D eigenvalue weighted by Gasteiger charge is 2.22. The number of hydrogen-bond donors (Lipinski definition) is 3. The first-order valence-electron chi connectivity index (χ1n) is 5.85. The fourth-order valence-electron chi connectivity index (χ4n) is 2.67. The molecule has 0 fully saturated rings. The maximum absolute atomic E-state index is 9.96. The number of rotatable bonds is 2. The van der Waals surface area contributed by atoms with Crippen molar-refractivity contribution >= 4 is 0 Å². The minimum atomic E-state index is -0.465. The Labute approximate surface area is 95.9 Å². The molecule has 16 heavy (non-hydrogen) atoms. The zero-order chi connectivity index (χ0) is 11.7. The van der Waals surface area contributed by atoms with Crippen LogP contribution in [0.2, 0.25) is 0 Å². The van der Waals surface area contributed by atoms with Crippen molar-refractivity contribution in [3.8, 4) is 5.75 Å². The van der Waals surface area contributed by atoms with Crippen LogP contribution in [0.5, 0.6) is 5.75 Å². The average molecular weight is 221 g/mol. The van der Waals surface area contributed by atoms with Crippen LogP contribution < -0.4 is 5.73 Å². The molecule has 0 heterocycles. The second kappa shape index (κ2) is 4.44. The summed E-state index contributed by atoms with van der Waals surface area (Å²) in [5.74, 6) is 0.236. The van der Waals surface area contributed by atoms with Crippen molar-refractivity contribution in [1.82, 2.24) is 0 Å². The first-order chi connectivity index (χ1) is 7.65. The highest BCUT2D eigenvalue weighted by Crippen LogP contribution is 2.35. The standard InChI is InChI=1S/C13H19NO2/c1-8-6-12(16)13(11(14)7-15)10-5-3-2-4-9(8)10/h6,11,15-16H,2-5,7,14H2,1H3. The molecule has 1 aliphatic carbocycles. The van der Waals surface area contributed by atoms with Crippen LogP contribution in [0.25, 0.3) is 0 Å². The minimum absolute atomic E-state index is 0.122. The van der Waals surface area contributed by atoms with Crippen LogP contribution in [0, 0.1) is 6.92 Å². The number of benzene rings is 1. The van der Waals surface area contributed by atoms with E-state index in [0.29, 0.717) is 0 Å². The molecule has 1 atom stereocenters. The molecule has 0 saturated heterocycles. The highest BCUT2D eigenvalue weighted by atomic mass is 16.3. The number of fused-ring (bicyclic) bond motifs is 1. The van der Waals surface area contributed by atoms with E-state index in [1.165, 1.54) is 17.5 Å². The minimum Gasteiger partial charge on any atom is -0.508 e. The van der Waals surface area contributed by atoms with E-state index in [2.05, 4.69) is 0 Å². The van der Waals surface area contributed by atoms with Gasteiger partial charge in [-0.2, -0.15) is 0 Å². The quantitative estimate of drug-likeness (QED) is 0.710. The number of aliphatic hydroxyl groups is 1. The van der Waals surface area contributed by atoms with Crippen molar-refractivity contribution < 1.29 is 10.2 Å². The topological polar surface area (TPSA) is 66.5 Å². The van der Waals surface area contributed by atoms with Gasteiger partial charge < -0.3 is 15.9 Å². The summed E-state index contributed by atoms with van der Waals surface area (Å²) in [4.78, 5) is 0. The van der Waals surface area contributed by atoms with Crippen molar-refractivity contribution in [2.75, 3.05) is 6.61 Å². The second-order valence-electron chi connectivity index (χ2n) is 4.58. The molecule has 0 bridgehead atoms. The summed E-state index contributed by atoms with van der Waals surface area (Å²) in [6, 6.07) is 1.31. The molecule has 0 spiro atoms. The van der Waals surface area contributed by atoms with Gasteiger partial charge >= 0.3 is 0 Å². The van der Waals surface area contributed by atoms with Gasteiger partial charge in [0.2, 0.25) is 0 Å². The first kappa shape index (κ1) is 11.4. The maximum Gasteiger partial charge on any atom is 0.120 e. The summed E-state index contributed by atoms with van der Waals surface area (Å²) in [7, 11) is 0. The average Bonchev–Trinajstić information content (AvgIpc) is 2.28. The van der Waals surface area contributed by atoms with Crippen LogP contribution in [-0.4, -0.2) is 16.8 Å². The predicted molar refractivity (Wildman–Crippen MR) is 63.5 cm³/mol. The highest BCUT2D eigenvalue weighted by molar-refractivity contribution is 5.51. The molecule has 0 saturated carbocycles. The Kier molecular flexibility index (Phi) is 3.17. The molecule has 0 aliphatic heterocycles. The van der Waals surface area contributed by atoms with Crippen molar-refractivity contribution in [2.24, 2.45) is 5.73 Å². The van der Waals surface area contributed by atoms with Gasteiger partial charge in [0.15, 0.2) is 0 Å². The summed E-state index contributed by atoms with van der Waals surface area (Å²) in [6.45, 7) is 1.90. The summed E-state index contributed by atoms with van der Waals surface area (Å²) in [6.07, 6.45) is 4.37. The Morgan fingerprint density at radius 2 is 1.94 bits per heavy atom. The van der Waals surface area contributed by atoms with Gasteiger partial charge in [0.25, 0.3) is 0 Å². The van der Waals surface area contributed by atoms with E-state index in [1.807, 2.05) is 6.92 Å². The Hall–Kier alpha value is -1.06. The number of aliphatic hydroxyl groups excluding tert-OH is 1. The maximum atomic E-state index is 9.96. The van der Waals surface area contributed by atoms with Gasteiger partial charge in [-0.3, -0.25) is 0 Å². The Bertz CT molecular complexity index is 401. The Balaban J connectivity index is 2.58. The third kappa shape index (κ3) is 1.81. The fraction of sp³-hybridized carbons (Fsp3) is 0.538. The van der Waals surface area contributed by atoms with Crippen molar-refractivity contribution in [2.45, 2.75) is 38.6 Å². The smallest absolute Gasteiger partial charge is 0.120 e. The molecule has 88 valence electrons. The van der Waals surface area contributed by atoms with Crippen LogP contribution in [0.3, 0.4) is 0 Å². The molecule has 1 aliphatic rings. The normalized spacial score (nSPS) is 16.9. The van der Waals surface area contributed by atoms with Gasteiger partial charge in [0.05, 0.1) is 12.6 Å². The molecule has 4 N–H and O–H groups in total. The molecule has 1 aromatic carbocycles. The molecule has 0 radical (unpaired) electrons. The van der Waals surface area contributed by atoms with E-state index in [9.17, 15) is 5.11 Å². The molecule has 3 heteroatoms. The summed E-state index contributed by atoms with van der Waals surface area (Å²) in [5, 5.41) is 19.1. The molecular formula is C13H19NO2. The lowest BCUT2D eigenvalue weighted by atomic mass is 9.83. The van der Waals surface area contributed by atoms with Gasteiger partial charge in [-0.05, 0) is 55.4 Å². The number of nitrogens with two attached hydrogens (primary N) is 1. The van der Waals surface area contributed by atoms with E-state index >= 15 is 0 Å². The van der Waals surface area contributed by atoms with E-state index in [4.69, 9.17) is 10.8 Å². The van der Waals surface area contributed by atoms with Crippen molar-refractivity contribution in [3.63, 3.8) is 0 Å². The van der Waals surface area contributed by atoms with E-state index < -0.39 is 6.04 Å². The van der Waals surface area contributed by atoms with Gasteiger partial charge in [0.1, 0.15) is 5.75 Å². The number of phenols is 1. The van der Waals surface area contributed by atoms with Gasteiger partial charge in [-0.25, -0.2) is 0 Å². The molecule has 1 unspecified atom stereocenters. The Morgan fingerprint density at radius 1 is 1.31 bits per heavy atom. The van der Waals surface area contributed by atoms with E-state index in [-0.39, 0.29) is 12.4 Å². The number of phenolic OH excluding ortho intramolecular Hbond substituents is 1. The summed E-state index contributed by atoms with van der Waals surface area (Å²) >= 11 is 0. The van der Waals surface area contributed by atoms with Crippen LogP contribution in [-0.2, 0) is 12.8 Å². The zero-order valence-electron chi connectivity index (χ0n) is 9.66. The molecule has 3 nitrogen and oxygen atoms in total. The van der Waals surface area contributed by atoms with Crippen LogP contribution in [0.4, 0.5) is 0 Å². The molecule has 2 rings (SSSR count). The number of hydrogen-bond acceptors (Lipinski definition) is 3. The first-order valence-corrected chi connectivity index (χ1v) is 5.85. The second-order valence-corrected chi connectivity index (χ2v) is 4.58. The lowest BCUT2D eigenvalue weighted by molar-refractivity contribution is 0.264. The lowest BCUT2D eigenvalue weighted by Gasteiger charge is -2.25. The summed E-state index contributed by atoms with van der Waals surface area (Å²) in [5.41, 5.74) is 10.2. The monoisotopic (exact) mass is 221 g/mol. The summed E-state index contributed by atoms with van der Waals surface area (Å²) < 4.78 is 0. The van der Waals surface area contributed by atoms with Crippen LogP contribution >= 0.6 is 0 Å². The third-order valence-electron chi connectivity index (χ3n) is 3.47. The lowest BCUT2D eigenvalue weighted by Crippen LogP contribution is -2.19. The van der Waals surface area contributed by atoms with Gasteiger partial charge in [-0.15, -0.1) is 0 Å². The molecule has 1 aromatic rings. The van der Waals surface area contributed by atoms with E-state index in [0.717, 1.165) is 30.4 Å². The Morgan fingerprint density at radius 3 is 2.56 bits per heavy atom. The van der Waals surface area contributed by atoms with Crippen molar-refractivity contribution in [3.05, 3.63) is 28.3 Å². The molecular weight excluding hydrogens is 202 g/mol. The zero-order valence-corrected chi connectivity index (χ0v) is 9.66. The van der Waals surface area contributed by atoms with E-state index in [1.54, 1.807) is 6.07 Å². The largest absolute Gasteiger partial charge is 0.508 e. The van der Waals surface area contributed by atoms with Gasteiger partial charge in [0, 0.05) is 5.56 Å². The number of aryl methyl sites for hydroxylation is 1. The van der Waals surface area contributed by atoms with Crippen LogP contribution in [0.15, 0.2) is 6.07 Å². The fourth-order valence-corrected chi connectivity index (χ4v) is 2.67.